The summed E-state index contributed by atoms with van der Waals surface area (Å²) in [6.07, 6.45) is -14.0. The minimum absolute atomic E-state index is 0.542. The number of rotatable bonds is 9. The molecule has 0 aliphatic carbocycles. The summed E-state index contributed by atoms with van der Waals surface area (Å²) in [5.74, 6) is -4.81. The summed E-state index contributed by atoms with van der Waals surface area (Å²) < 4.78 is 48.5. The second kappa shape index (κ2) is 14.3. The lowest BCUT2D eigenvalue weighted by molar-refractivity contribution is -0.326. The van der Waals surface area contributed by atoms with Gasteiger partial charge in [0.1, 0.15) is 6.10 Å². The maximum absolute atomic E-state index is 11.9. The van der Waals surface area contributed by atoms with Crippen LogP contribution in [0.1, 0.15) is 48.5 Å². The third-order valence-corrected chi connectivity index (χ3v) is 5.57. The Morgan fingerprint density at radius 3 is 1.40 bits per heavy atom. The van der Waals surface area contributed by atoms with Crippen molar-refractivity contribution in [3.05, 3.63) is 0 Å². The van der Waals surface area contributed by atoms with Crippen molar-refractivity contribution < 1.29 is 76.5 Å². The first-order chi connectivity index (χ1) is 18.6. The molecule has 2 rings (SSSR count). The van der Waals surface area contributed by atoms with Gasteiger partial charge >= 0.3 is 35.8 Å². The van der Waals surface area contributed by atoms with Crippen molar-refractivity contribution in [2.24, 2.45) is 0 Å². The Hall–Kier alpha value is -3.34. The van der Waals surface area contributed by atoms with Crippen molar-refractivity contribution in [3.8, 4) is 0 Å². The van der Waals surface area contributed by atoms with Crippen LogP contribution < -0.4 is 0 Å². The van der Waals surface area contributed by atoms with Crippen LogP contribution in [0.2, 0.25) is 0 Å². The molecule has 0 spiro atoms. The molecular weight excluding hydrogens is 544 g/mol. The van der Waals surface area contributed by atoms with Crippen molar-refractivity contribution in [2.45, 2.75) is 110 Å². The molecule has 0 aromatic carbocycles. The zero-order valence-electron chi connectivity index (χ0n) is 23.1. The SMILES string of the molecule is CC(=O)O[C@@H]1[C@@H](OC(C)=O)[C@H](CO[C@@H]2O[C@@H](C)[C@@H](OC(C)=O)[C@@H](OC(C)=O)[C@@H]2OC(C)=O)O[C@@H](O)[C@H]1OC(C)=O. The van der Waals surface area contributed by atoms with Crippen LogP contribution >= 0.6 is 0 Å². The van der Waals surface area contributed by atoms with Gasteiger partial charge < -0.3 is 47.7 Å². The molecule has 0 saturated carbocycles. The second-order valence-corrected chi connectivity index (χ2v) is 9.05. The molecule has 0 radical (unpaired) electrons. The van der Waals surface area contributed by atoms with Gasteiger partial charge in [0.25, 0.3) is 0 Å². The van der Waals surface area contributed by atoms with E-state index in [1.165, 1.54) is 6.92 Å². The van der Waals surface area contributed by atoms with Crippen LogP contribution in [0, 0.1) is 0 Å². The van der Waals surface area contributed by atoms with Crippen molar-refractivity contribution in [1.82, 2.24) is 0 Å². The quantitative estimate of drug-likeness (QED) is 0.259. The van der Waals surface area contributed by atoms with Gasteiger partial charge in [-0.25, -0.2) is 0 Å². The van der Waals surface area contributed by atoms with E-state index in [4.69, 9.17) is 42.6 Å². The highest BCUT2D eigenvalue weighted by atomic mass is 16.7. The molecule has 10 atom stereocenters. The van der Waals surface area contributed by atoms with Gasteiger partial charge in [0.2, 0.25) is 0 Å². The lowest BCUT2D eigenvalue weighted by atomic mass is 9.97. The molecule has 2 heterocycles. The predicted molar refractivity (Wildman–Crippen MR) is 124 cm³/mol. The molecule has 2 saturated heterocycles. The predicted octanol–water partition coefficient (Wildman–Crippen LogP) is -0.945. The second-order valence-electron chi connectivity index (χ2n) is 9.05. The van der Waals surface area contributed by atoms with E-state index in [2.05, 4.69) is 0 Å². The molecule has 40 heavy (non-hydrogen) atoms. The Balaban J connectivity index is 2.38. The van der Waals surface area contributed by atoms with Gasteiger partial charge in [-0.15, -0.1) is 0 Å². The van der Waals surface area contributed by atoms with Gasteiger partial charge in [-0.2, -0.15) is 0 Å². The minimum atomic E-state index is -1.84. The molecular formula is C24H34O16. The highest BCUT2D eigenvalue weighted by Gasteiger charge is 2.54. The molecule has 2 aliphatic rings. The Morgan fingerprint density at radius 1 is 0.550 bits per heavy atom. The van der Waals surface area contributed by atoms with Crippen LogP contribution in [-0.2, 0) is 71.4 Å². The number of aliphatic hydroxyl groups excluding tert-OH is 1. The maximum Gasteiger partial charge on any atom is 0.303 e. The first-order valence-corrected chi connectivity index (χ1v) is 12.2. The Kier molecular flexibility index (Phi) is 11.8. The van der Waals surface area contributed by atoms with E-state index >= 15 is 0 Å². The van der Waals surface area contributed by atoms with Crippen LogP contribution in [0.15, 0.2) is 0 Å². The number of hydrogen-bond donors (Lipinski definition) is 1. The van der Waals surface area contributed by atoms with Crippen molar-refractivity contribution >= 4 is 35.8 Å². The molecule has 0 bridgehead atoms. The average molecular weight is 579 g/mol. The van der Waals surface area contributed by atoms with Gasteiger partial charge in [-0.05, 0) is 6.92 Å². The van der Waals surface area contributed by atoms with Crippen LogP contribution in [-0.4, -0.2) is 109 Å². The summed E-state index contributed by atoms with van der Waals surface area (Å²) in [6, 6.07) is 0. The summed E-state index contributed by atoms with van der Waals surface area (Å²) >= 11 is 0. The fraction of sp³-hybridized carbons (Fsp3) is 0.750. The normalized spacial score (nSPS) is 33.6. The Morgan fingerprint density at radius 2 is 0.925 bits per heavy atom. The fourth-order valence-corrected chi connectivity index (χ4v) is 4.30. The topological polar surface area (TPSA) is 206 Å². The summed E-state index contributed by atoms with van der Waals surface area (Å²) in [6.45, 7) is 7.43. The summed E-state index contributed by atoms with van der Waals surface area (Å²) in [5, 5.41) is 10.5. The lowest BCUT2D eigenvalue weighted by Crippen LogP contribution is -2.64. The smallest absolute Gasteiger partial charge is 0.303 e. The van der Waals surface area contributed by atoms with E-state index in [9.17, 15) is 33.9 Å². The van der Waals surface area contributed by atoms with Crippen molar-refractivity contribution in [3.63, 3.8) is 0 Å². The monoisotopic (exact) mass is 578 g/mol. The van der Waals surface area contributed by atoms with Crippen LogP contribution in [0.3, 0.4) is 0 Å². The van der Waals surface area contributed by atoms with Crippen molar-refractivity contribution in [1.29, 1.82) is 0 Å². The summed E-state index contributed by atoms with van der Waals surface area (Å²) in [7, 11) is 0. The largest absolute Gasteiger partial charge is 0.456 e. The highest BCUT2D eigenvalue weighted by Crippen LogP contribution is 2.32. The number of hydrogen-bond acceptors (Lipinski definition) is 16. The molecule has 0 amide bonds. The van der Waals surface area contributed by atoms with Gasteiger partial charge in [0.05, 0.1) is 12.7 Å². The van der Waals surface area contributed by atoms with Crippen LogP contribution in [0.4, 0.5) is 0 Å². The molecule has 0 aromatic rings. The molecule has 226 valence electrons. The zero-order chi connectivity index (χ0) is 30.3. The number of aliphatic hydroxyl groups is 1. The van der Waals surface area contributed by atoms with E-state index < -0.39 is 104 Å². The Labute approximate surface area is 229 Å². The molecule has 2 fully saturated rings. The highest BCUT2D eigenvalue weighted by molar-refractivity contribution is 5.69. The minimum Gasteiger partial charge on any atom is -0.456 e. The summed E-state index contributed by atoms with van der Waals surface area (Å²) in [4.78, 5) is 70.7. The average Bonchev–Trinajstić information content (AvgIpc) is 2.79. The number of esters is 6. The standard InChI is InChI=1S/C24H34O16/c1-9-17(34-10(2)25)19(36-12(4)27)22(39-15(7)30)24(33-9)32-8-16-18(35-11(3)26)20(37-13(5)28)21(23(31)40-16)38-14(6)29/h9,16-24,31H,8H2,1-7H3/t9-,16-,17+,18-,19+,20+,21-,22-,23+,24+/m0/s1. The van der Waals surface area contributed by atoms with Crippen LogP contribution in [0.25, 0.3) is 0 Å². The molecule has 0 aromatic heterocycles. The maximum atomic E-state index is 11.9. The van der Waals surface area contributed by atoms with Crippen LogP contribution in [0.5, 0.6) is 0 Å². The lowest BCUT2D eigenvalue weighted by Gasteiger charge is -2.45. The van der Waals surface area contributed by atoms with Gasteiger partial charge in [0.15, 0.2) is 49.2 Å². The van der Waals surface area contributed by atoms with E-state index in [1.807, 2.05) is 0 Å². The third-order valence-electron chi connectivity index (χ3n) is 5.57. The number of carbonyl (C=O) groups is 6. The number of carbonyl (C=O) groups excluding carboxylic acids is 6. The summed E-state index contributed by atoms with van der Waals surface area (Å²) in [5.41, 5.74) is 0. The third kappa shape index (κ3) is 9.11. The van der Waals surface area contributed by atoms with Gasteiger partial charge in [-0.1, -0.05) is 0 Å². The first kappa shape index (κ1) is 32.9. The molecule has 1 N–H and O–H groups in total. The van der Waals surface area contributed by atoms with Crippen molar-refractivity contribution in [2.75, 3.05) is 6.61 Å². The molecule has 0 unspecified atom stereocenters. The Bertz CT molecular complexity index is 889. The fourth-order valence-electron chi connectivity index (χ4n) is 4.30. The first-order valence-electron chi connectivity index (χ1n) is 12.2. The number of ether oxygens (including phenoxy) is 9. The van der Waals surface area contributed by atoms with Gasteiger partial charge in [0, 0.05) is 41.5 Å². The molecule has 2 aliphatic heterocycles. The molecule has 16 heteroatoms. The van der Waals surface area contributed by atoms with E-state index in [0.29, 0.717) is 0 Å². The zero-order valence-corrected chi connectivity index (χ0v) is 23.1. The van der Waals surface area contributed by atoms with E-state index in [-0.39, 0.29) is 0 Å². The van der Waals surface area contributed by atoms with E-state index in [0.717, 1.165) is 41.5 Å². The molecule has 16 nitrogen and oxygen atoms in total. The van der Waals surface area contributed by atoms with E-state index in [1.54, 1.807) is 0 Å². The van der Waals surface area contributed by atoms with Gasteiger partial charge in [-0.3, -0.25) is 28.8 Å².